The summed E-state index contributed by atoms with van der Waals surface area (Å²) in [4.78, 5) is 7.62. The Labute approximate surface area is 136 Å². The van der Waals surface area contributed by atoms with Crippen molar-refractivity contribution in [3.8, 4) is 0 Å². The fourth-order valence-corrected chi connectivity index (χ4v) is 2.69. The Morgan fingerprint density at radius 1 is 1.29 bits per heavy atom. The van der Waals surface area contributed by atoms with Crippen LogP contribution < -0.4 is 16.4 Å². The van der Waals surface area contributed by atoms with Gasteiger partial charge in [-0.15, -0.1) is 0 Å². The summed E-state index contributed by atoms with van der Waals surface area (Å²) in [6.45, 7) is 1.84. The van der Waals surface area contributed by atoms with Gasteiger partial charge in [0.1, 0.15) is 17.0 Å². The second kappa shape index (κ2) is 5.62. The molecule has 1 fully saturated rings. The van der Waals surface area contributed by atoms with E-state index in [1.165, 1.54) is 7.05 Å². The minimum atomic E-state index is -4.52. The molecule has 24 heavy (non-hydrogen) atoms. The van der Waals surface area contributed by atoms with E-state index in [4.69, 9.17) is 5.73 Å². The highest BCUT2D eigenvalue weighted by molar-refractivity contribution is 5.58. The standard InChI is InChI=1S/C14H18F3N7/c1-8-10(7-21-24(8)13(18)4-3-5-13)22-12-20-6-9(14(15,16)17)11(19-2)23-12/h6-7H,3-5,18H2,1-2H3,(H2,19,20,22,23). The summed E-state index contributed by atoms with van der Waals surface area (Å²) in [6.07, 6.45) is 0.533. The Bertz CT molecular complexity index is 749. The Morgan fingerprint density at radius 3 is 2.54 bits per heavy atom. The number of aromatic nitrogens is 4. The van der Waals surface area contributed by atoms with Crippen LogP contribution in [0.4, 0.5) is 30.6 Å². The van der Waals surface area contributed by atoms with Crippen LogP contribution in [0.15, 0.2) is 12.4 Å². The molecule has 0 unspecified atom stereocenters. The molecule has 10 heteroatoms. The van der Waals surface area contributed by atoms with Crippen LogP contribution in [0.1, 0.15) is 30.5 Å². The largest absolute Gasteiger partial charge is 0.421 e. The number of hydrogen-bond acceptors (Lipinski definition) is 6. The van der Waals surface area contributed by atoms with E-state index in [9.17, 15) is 13.2 Å². The fourth-order valence-electron chi connectivity index (χ4n) is 2.69. The number of hydrogen-bond donors (Lipinski definition) is 3. The molecule has 1 aliphatic carbocycles. The number of anilines is 3. The van der Waals surface area contributed by atoms with Crippen molar-refractivity contribution in [1.82, 2.24) is 19.7 Å². The fraction of sp³-hybridized carbons (Fsp3) is 0.500. The third-order valence-corrected chi connectivity index (χ3v) is 4.23. The van der Waals surface area contributed by atoms with Gasteiger partial charge in [-0.05, 0) is 26.2 Å². The summed E-state index contributed by atoms with van der Waals surface area (Å²) in [5.41, 5.74) is 6.24. The highest BCUT2D eigenvalue weighted by Crippen LogP contribution is 2.36. The average molecular weight is 341 g/mol. The zero-order valence-corrected chi connectivity index (χ0v) is 13.3. The van der Waals surface area contributed by atoms with Crippen LogP contribution in [-0.2, 0) is 11.8 Å². The molecule has 1 aliphatic rings. The van der Waals surface area contributed by atoms with Gasteiger partial charge in [0.2, 0.25) is 5.95 Å². The molecule has 0 bridgehead atoms. The Hall–Kier alpha value is -2.36. The predicted molar refractivity (Wildman–Crippen MR) is 82.8 cm³/mol. The van der Waals surface area contributed by atoms with E-state index in [0.29, 0.717) is 5.69 Å². The van der Waals surface area contributed by atoms with Gasteiger partial charge < -0.3 is 16.4 Å². The molecule has 4 N–H and O–H groups in total. The number of nitrogens with zero attached hydrogens (tertiary/aromatic N) is 4. The highest BCUT2D eigenvalue weighted by atomic mass is 19.4. The maximum atomic E-state index is 12.9. The molecule has 130 valence electrons. The molecular weight excluding hydrogens is 323 g/mol. The van der Waals surface area contributed by atoms with Crippen molar-refractivity contribution in [3.63, 3.8) is 0 Å². The van der Waals surface area contributed by atoms with Gasteiger partial charge in [0.15, 0.2) is 0 Å². The Morgan fingerprint density at radius 2 is 2.00 bits per heavy atom. The van der Waals surface area contributed by atoms with Gasteiger partial charge in [0, 0.05) is 13.2 Å². The predicted octanol–water partition coefficient (Wildman–Crippen LogP) is 2.58. The molecular formula is C14H18F3N7. The maximum absolute atomic E-state index is 12.9. The van der Waals surface area contributed by atoms with Gasteiger partial charge >= 0.3 is 6.18 Å². The first-order valence-corrected chi connectivity index (χ1v) is 7.47. The van der Waals surface area contributed by atoms with Crippen molar-refractivity contribution in [2.24, 2.45) is 5.73 Å². The van der Waals surface area contributed by atoms with Crippen LogP contribution in [0.2, 0.25) is 0 Å². The molecule has 0 radical (unpaired) electrons. The summed E-state index contributed by atoms with van der Waals surface area (Å²) in [5.74, 6) is -0.242. The van der Waals surface area contributed by atoms with Crippen molar-refractivity contribution in [2.45, 2.75) is 38.0 Å². The zero-order valence-electron chi connectivity index (χ0n) is 13.3. The molecule has 0 aliphatic heterocycles. The normalized spacial score (nSPS) is 16.6. The van der Waals surface area contributed by atoms with Gasteiger partial charge in [0.25, 0.3) is 0 Å². The molecule has 2 aromatic heterocycles. The second-order valence-corrected chi connectivity index (χ2v) is 5.84. The van der Waals surface area contributed by atoms with E-state index < -0.39 is 17.4 Å². The number of halogens is 3. The third kappa shape index (κ3) is 2.77. The lowest BCUT2D eigenvalue weighted by Crippen LogP contribution is -2.50. The Kier molecular flexibility index (Phi) is 3.86. The number of nitrogens with one attached hydrogen (secondary N) is 2. The topological polar surface area (TPSA) is 93.7 Å². The van der Waals surface area contributed by atoms with Crippen molar-refractivity contribution in [3.05, 3.63) is 23.7 Å². The van der Waals surface area contributed by atoms with E-state index in [1.54, 1.807) is 10.9 Å². The number of rotatable bonds is 4. The van der Waals surface area contributed by atoms with Crippen LogP contribution in [0.25, 0.3) is 0 Å². The molecule has 0 saturated heterocycles. The van der Waals surface area contributed by atoms with Gasteiger partial charge in [-0.3, -0.25) is 0 Å². The maximum Gasteiger partial charge on any atom is 0.421 e. The van der Waals surface area contributed by atoms with E-state index >= 15 is 0 Å². The van der Waals surface area contributed by atoms with Gasteiger partial charge in [-0.2, -0.15) is 23.3 Å². The summed E-state index contributed by atoms with van der Waals surface area (Å²) in [6, 6.07) is 0. The smallest absolute Gasteiger partial charge is 0.372 e. The molecule has 0 amide bonds. The lowest BCUT2D eigenvalue weighted by Gasteiger charge is -2.39. The summed E-state index contributed by atoms with van der Waals surface area (Å²) >= 11 is 0. The summed E-state index contributed by atoms with van der Waals surface area (Å²) in [5, 5.41) is 9.62. The molecule has 2 aromatic rings. The van der Waals surface area contributed by atoms with Crippen LogP contribution >= 0.6 is 0 Å². The van der Waals surface area contributed by atoms with E-state index in [0.717, 1.165) is 31.2 Å². The van der Waals surface area contributed by atoms with E-state index in [1.807, 2.05) is 6.92 Å². The first-order valence-electron chi connectivity index (χ1n) is 7.47. The van der Waals surface area contributed by atoms with Crippen molar-refractivity contribution < 1.29 is 13.2 Å². The van der Waals surface area contributed by atoms with Crippen LogP contribution in [0.5, 0.6) is 0 Å². The average Bonchev–Trinajstić information content (AvgIpc) is 2.85. The number of alkyl halides is 3. The SMILES string of the molecule is CNc1nc(Nc2cnn(C3(N)CCC3)c2C)ncc1C(F)(F)F. The molecule has 2 heterocycles. The van der Waals surface area contributed by atoms with Crippen LogP contribution in [0, 0.1) is 6.92 Å². The first-order chi connectivity index (χ1) is 11.2. The van der Waals surface area contributed by atoms with E-state index in [2.05, 4.69) is 25.7 Å². The molecule has 3 rings (SSSR count). The van der Waals surface area contributed by atoms with Crippen molar-refractivity contribution >= 4 is 17.5 Å². The first kappa shape index (κ1) is 16.5. The minimum Gasteiger partial charge on any atom is -0.372 e. The monoisotopic (exact) mass is 341 g/mol. The lowest BCUT2D eigenvalue weighted by atomic mass is 9.86. The lowest BCUT2D eigenvalue weighted by molar-refractivity contribution is -0.137. The van der Waals surface area contributed by atoms with Crippen LogP contribution in [0.3, 0.4) is 0 Å². The van der Waals surface area contributed by atoms with Gasteiger partial charge in [0.05, 0.1) is 17.6 Å². The van der Waals surface area contributed by atoms with Gasteiger partial charge in [-0.1, -0.05) is 0 Å². The Balaban J connectivity index is 1.87. The molecule has 7 nitrogen and oxygen atoms in total. The molecule has 1 saturated carbocycles. The van der Waals surface area contributed by atoms with Crippen molar-refractivity contribution in [2.75, 3.05) is 17.7 Å². The summed E-state index contributed by atoms with van der Waals surface area (Å²) in [7, 11) is 1.37. The highest BCUT2D eigenvalue weighted by Gasteiger charge is 2.37. The zero-order chi connectivity index (χ0) is 17.5. The molecule has 0 spiro atoms. The van der Waals surface area contributed by atoms with Crippen molar-refractivity contribution in [1.29, 1.82) is 0 Å². The second-order valence-electron chi connectivity index (χ2n) is 5.84. The number of nitrogens with two attached hydrogens (primary N) is 1. The third-order valence-electron chi connectivity index (χ3n) is 4.23. The van der Waals surface area contributed by atoms with Crippen LogP contribution in [-0.4, -0.2) is 26.8 Å². The van der Waals surface area contributed by atoms with Gasteiger partial charge in [-0.25, -0.2) is 9.67 Å². The summed E-state index contributed by atoms with van der Waals surface area (Å²) < 4.78 is 40.3. The molecule has 0 aromatic carbocycles. The minimum absolute atomic E-state index is 0.0506. The van der Waals surface area contributed by atoms with E-state index in [-0.39, 0.29) is 11.8 Å². The molecule has 0 atom stereocenters. The quantitative estimate of drug-likeness (QED) is 0.791.